The van der Waals surface area contributed by atoms with Crippen molar-refractivity contribution < 1.29 is 14.0 Å². The van der Waals surface area contributed by atoms with E-state index in [0.717, 1.165) is 11.3 Å². The van der Waals surface area contributed by atoms with Crippen LogP contribution in [0.1, 0.15) is 23.0 Å². The molecule has 0 bridgehead atoms. The van der Waals surface area contributed by atoms with Crippen LogP contribution in [0.4, 0.5) is 5.13 Å². The van der Waals surface area contributed by atoms with Gasteiger partial charge in [0.2, 0.25) is 5.91 Å². The van der Waals surface area contributed by atoms with Crippen LogP contribution in [-0.2, 0) is 11.3 Å². The zero-order valence-electron chi connectivity index (χ0n) is 17.5. The third-order valence-corrected chi connectivity index (χ3v) is 5.62. The van der Waals surface area contributed by atoms with E-state index >= 15 is 0 Å². The summed E-state index contributed by atoms with van der Waals surface area (Å²) in [5, 5.41) is 12.1. The maximum Gasteiger partial charge on any atom is 0.262 e. The minimum atomic E-state index is -0.352. The number of nitrogens with one attached hydrogen (secondary N) is 2. The van der Waals surface area contributed by atoms with Crippen molar-refractivity contribution in [2.75, 3.05) is 5.32 Å². The van der Waals surface area contributed by atoms with E-state index < -0.39 is 0 Å². The summed E-state index contributed by atoms with van der Waals surface area (Å²) < 4.78 is 7.37. The highest BCUT2D eigenvalue weighted by molar-refractivity contribution is 7.14. The summed E-state index contributed by atoms with van der Waals surface area (Å²) in [7, 11) is 0. The minimum absolute atomic E-state index is 0.135. The number of aromatic nitrogens is 4. The number of rotatable bonds is 6. The average Bonchev–Trinajstić information content (AvgIpc) is 3.57. The number of nitrogens with zero attached hydrogens (tertiary/aromatic N) is 4. The van der Waals surface area contributed by atoms with Crippen molar-refractivity contribution in [2.24, 2.45) is 0 Å². The van der Waals surface area contributed by atoms with Crippen LogP contribution in [-0.4, -0.2) is 31.4 Å². The highest BCUT2D eigenvalue weighted by Crippen LogP contribution is 2.27. The molecule has 2 amide bonds. The highest BCUT2D eigenvalue weighted by Gasteiger charge is 2.18. The summed E-state index contributed by atoms with van der Waals surface area (Å²) >= 11 is 1.28. The van der Waals surface area contributed by atoms with Crippen LogP contribution in [0.25, 0.3) is 28.4 Å². The summed E-state index contributed by atoms with van der Waals surface area (Å²) in [6.45, 7) is 1.75. The fraction of sp³-hybridized carbons (Fsp3) is 0.0870. The number of benzene rings is 1. The van der Waals surface area contributed by atoms with Crippen LogP contribution in [0.2, 0.25) is 0 Å². The first-order chi connectivity index (χ1) is 16.1. The molecular formula is C23H18N6O3S. The molecule has 33 heavy (non-hydrogen) atoms. The Hall–Kier alpha value is -4.31. The van der Waals surface area contributed by atoms with Gasteiger partial charge in [-0.25, -0.2) is 14.5 Å². The Balaban J connectivity index is 1.35. The van der Waals surface area contributed by atoms with E-state index in [1.54, 1.807) is 28.2 Å². The molecule has 2 N–H and O–H groups in total. The largest absolute Gasteiger partial charge is 0.458 e. The third kappa shape index (κ3) is 4.23. The molecule has 5 rings (SSSR count). The van der Waals surface area contributed by atoms with Gasteiger partial charge >= 0.3 is 0 Å². The Morgan fingerprint density at radius 3 is 2.79 bits per heavy atom. The fourth-order valence-corrected chi connectivity index (χ4v) is 4.00. The van der Waals surface area contributed by atoms with Crippen molar-refractivity contribution in [3.8, 4) is 22.7 Å². The van der Waals surface area contributed by atoms with Crippen molar-refractivity contribution in [3.63, 3.8) is 0 Å². The van der Waals surface area contributed by atoms with E-state index in [9.17, 15) is 9.59 Å². The summed E-state index contributed by atoms with van der Waals surface area (Å²) in [6.07, 6.45) is 3.16. The first-order valence-corrected chi connectivity index (χ1v) is 10.9. The average molecular weight is 459 g/mol. The molecule has 0 fully saturated rings. The fourth-order valence-electron chi connectivity index (χ4n) is 3.31. The summed E-state index contributed by atoms with van der Waals surface area (Å²) in [6, 6.07) is 15.2. The number of thiazole rings is 1. The molecule has 0 unspecified atom stereocenters. The van der Waals surface area contributed by atoms with Crippen molar-refractivity contribution in [3.05, 3.63) is 77.6 Å². The molecule has 0 aliphatic carbocycles. The van der Waals surface area contributed by atoms with Gasteiger partial charge in [0, 0.05) is 24.1 Å². The Bertz CT molecular complexity index is 1450. The summed E-state index contributed by atoms with van der Waals surface area (Å²) in [4.78, 5) is 32.8. The number of furan rings is 1. The Morgan fingerprint density at radius 1 is 1.12 bits per heavy atom. The molecule has 9 nitrogen and oxygen atoms in total. The normalized spacial score (nSPS) is 10.9. The van der Waals surface area contributed by atoms with E-state index in [1.807, 2.05) is 36.4 Å². The molecule has 0 spiro atoms. The van der Waals surface area contributed by atoms with Crippen molar-refractivity contribution >= 4 is 33.9 Å². The Labute approximate surface area is 192 Å². The lowest BCUT2D eigenvalue weighted by Crippen LogP contribution is -2.18. The molecule has 0 aliphatic rings. The van der Waals surface area contributed by atoms with Gasteiger partial charge < -0.3 is 9.73 Å². The minimum Gasteiger partial charge on any atom is -0.458 e. The first-order valence-electron chi connectivity index (χ1n) is 10.1. The second kappa shape index (κ2) is 8.67. The van der Waals surface area contributed by atoms with E-state index in [-0.39, 0.29) is 11.8 Å². The molecular weight excluding hydrogens is 440 g/mol. The second-order valence-electron chi connectivity index (χ2n) is 7.16. The lowest BCUT2D eigenvalue weighted by molar-refractivity contribution is -0.119. The van der Waals surface area contributed by atoms with Crippen LogP contribution in [0.15, 0.2) is 70.7 Å². The predicted molar refractivity (Wildman–Crippen MR) is 124 cm³/mol. The third-order valence-electron chi connectivity index (χ3n) is 4.87. The van der Waals surface area contributed by atoms with E-state index in [2.05, 4.69) is 25.7 Å². The molecule has 0 radical (unpaired) electrons. The Kier molecular flexibility index (Phi) is 5.41. The predicted octanol–water partition coefficient (Wildman–Crippen LogP) is 4.00. The van der Waals surface area contributed by atoms with Gasteiger partial charge in [-0.2, -0.15) is 5.10 Å². The van der Waals surface area contributed by atoms with Gasteiger partial charge in [-0.3, -0.25) is 14.9 Å². The monoisotopic (exact) mass is 458 g/mol. The lowest BCUT2D eigenvalue weighted by atomic mass is 10.1. The van der Waals surface area contributed by atoms with Gasteiger partial charge in [0.25, 0.3) is 5.91 Å². The van der Waals surface area contributed by atoms with Crippen LogP contribution < -0.4 is 10.6 Å². The van der Waals surface area contributed by atoms with Crippen LogP contribution in [0, 0.1) is 0 Å². The molecule has 10 heteroatoms. The molecule has 0 atom stereocenters. The molecule has 0 aliphatic heterocycles. The molecule has 5 aromatic rings. The number of hydrogen-bond acceptors (Lipinski definition) is 7. The number of hydrogen-bond donors (Lipinski definition) is 2. The highest BCUT2D eigenvalue weighted by atomic mass is 32.1. The standard InChI is InChI=1S/C23H18N6O3S/c1-14(30)25-11-16-7-8-20(32-16)18-13-33-23(27-18)28-22(31)17-12-26-29-19(9-10-24-21(17)29)15-5-3-2-4-6-15/h2-10,12-13H,11H2,1H3,(H,25,30)(H,27,28,31). The van der Waals surface area contributed by atoms with E-state index in [1.165, 1.54) is 24.5 Å². The van der Waals surface area contributed by atoms with E-state index in [0.29, 0.717) is 40.1 Å². The van der Waals surface area contributed by atoms with Gasteiger partial charge in [0.15, 0.2) is 16.5 Å². The molecule has 164 valence electrons. The summed E-state index contributed by atoms with van der Waals surface area (Å²) in [5.41, 5.74) is 3.21. The van der Waals surface area contributed by atoms with Crippen LogP contribution in [0.3, 0.4) is 0 Å². The van der Waals surface area contributed by atoms with Gasteiger partial charge in [0.1, 0.15) is 17.0 Å². The van der Waals surface area contributed by atoms with Crippen LogP contribution >= 0.6 is 11.3 Å². The Morgan fingerprint density at radius 2 is 1.97 bits per heavy atom. The van der Waals surface area contributed by atoms with Crippen LogP contribution in [0.5, 0.6) is 0 Å². The van der Waals surface area contributed by atoms with Gasteiger partial charge in [0.05, 0.1) is 18.4 Å². The second-order valence-corrected chi connectivity index (χ2v) is 8.02. The maximum absolute atomic E-state index is 12.9. The molecule has 4 heterocycles. The zero-order valence-corrected chi connectivity index (χ0v) is 18.3. The number of amides is 2. The zero-order chi connectivity index (χ0) is 22.8. The molecule has 0 saturated carbocycles. The number of carbonyl (C=O) groups excluding carboxylic acids is 2. The van der Waals surface area contributed by atoms with Crippen molar-refractivity contribution in [2.45, 2.75) is 13.5 Å². The van der Waals surface area contributed by atoms with E-state index in [4.69, 9.17) is 4.42 Å². The van der Waals surface area contributed by atoms with Crippen molar-refractivity contribution in [1.82, 2.24) is 24.9 Å². The van der Waals surface area contributed by atoms with Gasteiger partial charge in [-0.05, 0) is 18.2 Å². The first kappa shape index (κ1) is 20.6. The quantitative estimate of drug-likeness (QED) is 0.397. The number of carbonyl (C=O) groups is 2. The molecule has 0 saturated heterocycles. The topological polar surface area (TPSA) is 114 Å². The number of fused-ring (bicyclic) bond motifs is 1. The van der Waals surface area contributed by atoms with Gasteiger partial charge in [-0.15, -0.1) is 11.3 Å². The maximum atomic E-state index is 12.9. The molecule has 1 aromatic carbocycles. The number of anilines is 1. The summed E-state index contributed by atoms with van der Waals surface area (Å²) in [5.74, 6) is 0.682. The lowest BCUT2D eigenvalue weighted by Gasteiger charge is -2.05. The smallest absolute Gasteiger partial charge is 0.262 e. The van der Waals surface area contributed by atoms with Gasteiger partial charge in [-0.1, -0.05) is 30.3 Å². The SMILES string of the molecule is CC(=O)NCc1ccc(-c2csc(NC(=O)c3cnn4c(-c5ccccc5)ccnc34)n2)o1. The molecule has 4 aromatic heterocycles. The van der Waals surface area contributed by atoms with Crippen molar-refractivity contribution in [1.29, 1.82) is 0 Å².